The second-order valence-electron chi connectivity index (χ2n) is 5.06. The molecule has 0 amide bonds. The molecular formula is C14H24FIN4. The number of nitrogens with two attached hydrogens (primary N) is 1. The van der Waals surface area contributed by atoms with Crippen molar-refractivity contribution in [3.05, 3.63) is 35.6 Å². The highest BCUT2D eigenvalue weighted by Crippen LogP contribution is 2.18. The monoisotopic (exact) mass is 394 g/mol. The van der Waals surface area contributed by atoms with E-state index in [1.165, 1.54) is 12.1 Å². The number of nitrogens with one attached hydrogen (secondary N) is 1. The minimum Gasteiger partial charge on any atom is -0.370 e. The van der Waals surface area contributed by atoms with E-state index in [-0.39, 0.29) is 41.9 Å². The average Bonchev–Trinajstić information content (AvgIpc) is 2.30. The van der Waals surface area contributed by atoms with Crippen LogP contribution in [0.25, 0.3) is 0 Å². The molecule has 0 bridgehead atoms. The molecule has 1 aromatic carbocycles. The molecule has 20 heavy (non-hydrogen) atoms. The van der Waals surface area contributed by atoms with E-state index in [0.717, 1.165) is 5.56 Å². The lowest BCUT2D eigenvalue weighted by Gasteiger charge is -2.23. The Hall–Kier alpha value is -0.890. The number of likely N-dealkylation sites (N-methyl/N-ethyl adjacent to an activating group) is 1. The predicted octanol–water partition coefficient (Wildman–Crippen LogP) is 2.36. The van der Waals surface area contributed by atoms with Gasteiger partial charge in [0.2, 0.25) is 0 Å². The molecule has 6 heteroatoms. The fourth-order valence-corrected chi connectivity index (χ4v) is 1.78. The number of hydrogen-bond donors (Lipinski definition) is 2. The Balaban J connectivity index is 0.00000361. The SMILES string of the molecule is CC(C)NC(N)=NCC(c1ccc(F)cc1)N(C)C.I. The van der Waals surface area contributed by atoms with Crippen LogP contribution in [0.4, 0.5) is 4.39 Å². The zero-order chi connectivity index (χ0) is 14.4. The Morgan fingerprint density at radius 3 is 2.30 bits per heavy atom. The quantitative estimate of drug-likeness (QED) is 0.458. The topological polar surface area (TPSA) is 53.6 Å². The van der Waals surface area contributed by atoms with E-state index >= 15 is 0 Å². The van der Waals surface area contributed by atoms with Crippen LogP contribution in [-0.2, 0) is 0 Å². The lowest BCUT2D eigenvalue weighted by molar-refractivity contribution is 0.306. The molecular weight excluding hydrogens is 370 g/mol. The number of aliphatic imine (C=N–C) groups is 1. The van der Waals surface area contributed by atoms with E-state index in [1.54, 1.807) is 12.1 Å². The van der Waals surface area contributed by atoms with Crippen molar-refractivity contribution in [3.63, 3.8) is 0 Å². The van der Waals surface area contributed by atoms with Crippen LogP contribution in [0, 0.1) is 5.82 Å². The van der Waals surface area contributed by atoms with Gasteiger partial charge in [-0.15, -0.1) is 24.0 Å². The first-order chi connectivity index (χ1) is 8.90. The molecule has 0 spiro atoms. The second-order valence-corrected chi connectivity index (χ2v) is 5.06. The van der Waals surface area contributed by atoms with Crippen LogP contribution in [0.1, 0.15) is 25.5 Å². The van der Waals surface area contributed by atoms with Gasteiger partial charge in [-0.2, -0.15) is 0 Å². The van der Waals surface area contributed by atoms with Crippen LogP contribution >= 0.6 is 24.0 Å². The van der Waals surface area contributed by atoms with Crippen molar-refractivity contribution in [2.24, 2.45) is 10.7 Å². The lowest BCUT2D eigenvalue weighted by Crippen LogP contribution is -2.37. The summed E-state index contributed by atoms with van der Waals surface area (Å²) in [4.78, 5) is 6.37. The van der Waals surface area contributed by atoms with Crippen molar-refractivity contribution in [3.8, 4) is 0 Å². The molecule has 0 aliphatic heterocycles. The first-order valence-corrected chi connectivity index (χ1v) is 6.38. The van der Waals surface area contributed by atoms with Gasteiger partial charge in [0, 0.05) is 6.04 Å². The fraction of sp³-hybridized carbons (Fsp3) is 0.500. The molecule has 1 rings (SSSR count). The van der Waals surface area contributed by atoms with Crippen molar-refractivity contribution in [2.45, 2.75) is 25.9 Å². The third-order valence-corrected chi connectivity index (χ3v) is 2.75. The minimum atomic E-state index is -0.231. The molecule has 4 nitrogen and oxygen atoms in total. The maximum Gasteiger partial charge on any atom is 0.188 e. The molecule has 0 saturated heterocycles. The average molecular weight is 394 g/mol. The van der Waals surface area contributed by atoms with Crippen LogP contribution in [0.2, 0.25) is 0 Å². The molecule has 114 valence electrons. The fourth-order valence-electron chi connectivity index (χ4n) is 1.78. The number of benzene rings is 1. The zero-order valence-electron chi connectivity index (χ0n) is 12.4. The summed E-state index contributed by atoms with van der Waals surface area (Å²) in [7, 11) is 3.94. The summed E-state index contributed by atoms with van der Waals surface area (Å²) in [5.74, 6) is 0.203. The molecule has 0 fully saturated rings. The lowest BCUT2D eigenvalue weighted by atomic mass is 10.1. The minimum absolute atomic E-state index is 0. The Morgan fingerprint density at radius 1 is 1.30 bits per heavy atom. The van der Waals surface area contributed by atoms with Gasteiger partial charge < -0.3 is 16.0 Å². The van der Waals surface area contributed by atoms with Gasteiger partial charge in [0.15, 0.2) is 5.96 Å². The maximum absolute atomic E-state index is 12.9. The molecule has 0 aliphatic rings. The van der Waals surface area contributed by atoms with Gasteiger partial charge in [-0.25, -0.2) is 4.39 Å². The zero-order valence-corrected chi connectivity index (χ0v) is 14.8. The molecule has 1 aromatic rings. The van der Waals surface area contributed by atoms with Crippen LogP contribution in [0.3, 0.4) is 0 Å². The van der Waals surface area contributed by atoms with Crippen molar-refractivity contribution in [2.75, 3.05) is 20.6 Å². The summed E-state index contributed by atoms with van der Waals surface area (Å²) >= 11 is 0. The Labute approximate surface area is 137 Å². The molecule has 0 saturated carbocycles. The highest BCUT2D eigenvalue weighted by atomic mass is 127. The van der Waals surface area contributed by atoms with Gasteiger partial charge >= 0.3 is 0 Å². The van der Waals surface area contributed by atoms with E-state index < -0.39 is 0 Å². The summed E-state index contributed by atoms with van der Waals surface area (Å²) in [6.45, 7) is 4.54. The maximum atomic E-state index is 12.9. The Kier molecular flexibility index (Phi) is 8.71. The molecule has 3 N–H and O–H groups in total. The number of hydrogen-bond acceptors (Lipinski definition) is 2. The van der Waals surface area contributed by atoms with Crippen LogP contribution in [0.5, 0.6) is 0 Å². The van der Waals surface area contributed by atoms with Gasteiger partial charge in [-0.1, -0.05) is 12.1 Å². The number of nitrogens with zero attached hydrogens (tertiary/aromatic N) is 2. The second kappa shape index (κ2) is 9.12. The molecule has 0 aromatic heterocycles. The first-order valence-electron chi connectivity index (χ1n) is 6.38. The summed E-state index contributed by atoms with van der Waals surface area (Å²) in [5.41, 5.74) is 6.81. The van der Waals surface area contributed by atoms with Crippen molar-refractivity contribution < 1.29 is 4.39 Å². The third kappa shape index (κ3) is 6.51. The van der Waals surface area contributed by atoms with Gasteiger partial charge in [-0.05, 0) is 45.6 Å². The first kappa shape index (κ1) is 19.1. The van der Waals surface area contributed by atoms with Gasteiger partial charge in [0.05, 0.1) is 12.6 Å². The predicted molar refractivity (Wildman–Crippen MR) is 93.0 cm³/mol. The van der Waals surface area contributed by atoms with E-state index in [0.29, 0.717) is 12.5 Å². The summed E-state index contributed by atoms with van der Waals surface area (Å²) in [6.07, 6.45) is 0. The summed E-state index contributed by atoms with van der Waals surface area (Å²) in [6, 6.07) is 6.82. The molecule has 0 radical (unpaired) electrons. The van der Waals surface area contributed by atoms with Crippen LogP contribution in [-0.4, -0.2) is 37.5 Å². The molecule has 1 atom stereocenters. The Morgan fingerprint density at radius 2 is 1.85 bits per heavy atom. The van der Waals surface area contributed by atoms with Gasteiger partial charge in [0.1, 0.15) is 5.82 Å². The third-order valence-electron chi connectivity index (χ3n) is 2.75. The Bertz CT molecular complexity index is 418. The number of rotatable bonds is 5. The van der Waals surface area contributed by atoms with Gasteiger partial charge in [-0.3, -0.25) is 4.99 Å². The number of guanidine groups is 1. The van der Waals surface area contributed by atoms with Crippen molar-refractivity contribution in [1.29, 1.82) is 0 Å². The van der Waals surface area contributed by atoms with E-state index in [2.05, 4.69) is 10.3 Å². The van der Waals surface area contributed by atoms with E-state index in [4.69, 9.17) is 5.73 Å². The normalized spacial score (nSPS) is 13.2. The molecule has 0 aliphatic carbocycles. The molecule has 0 heterocycles. The molecule has 1 unspecified atom stereocenters. The van der Waals surface area contributed by atoms with E-state index in [9.17, 15) is 4.39 Å². The largest absolute Gasteiger partial charge is 0.370 e. The van der Waals surface area contributed by atoms with E-state index in [1.807, 2.05) is 32.8 Å². The summed E-state index contributed by atoms with van der Waals surface area (Å²) < 4.78 is 12.9. The van der Waals surface area contributed by atoms with Crippen molar-refractivity contribution in [1.82, 2.24) is 10.2 Å². The van der Waals surface area contributed by atoms with Crippen molar-refractivity contribution >= 4 is 29.9 Å². The number of halogens is 2. The summed E-state index contributed by atoms with van der Waals surface area (Å²) in [5, 5.41) is 3.05. The van der Waals surface area contributed by atoms with Crippen LogP contribution in [0.15, 0.2) is 29.3 Å². The van der Waals surface area contributed by atoms with Crippen LogP contribution < -0.4 is 11.1 Å². The standard InChI is InChI=1S/C14H23FN4.HI/c1-10(2)18-14(16)17-9-13(19(3)4)11-5-7-12(15)8-6-11;/h5-8,10,13H,9H2,1-4H3,(H3,16,17,18);1H. The van der Waals surface area contributed by atoms with Gasteiger partial charge in [0.25, 0.3) is 0 Å². The highest BCUT2D eigenvalue weighted by Gasteiger charge is 2.13. The highest BCUT2D eigenvalue weighted by molar-refractivity contribution is 14.0. The smallest absolute Gasteiger partial charge is 0.188 e.